The topological polar surface area (TPSA) is 66.8 Å². The first-order chi connectivity index (χ1) is 11.5. The normalized spacial score (nSPS) is 26.2. The van der Waals surface area contributed by atoms with Gasteiger partial charge in [-0.2, -0.15) is 0 Å². The number of phenols is 1. The number of aliphatic hydroxyl groups is 1. The van der Waals surface area contributed by atoms with E-state index in [1.165, 1.54) is 11.8 Å². The van der Waals surface area contributed by atoms with Gasteiger partial charge in [-0.3, -0.25) is 4.79 Å². The van der Waals surface area contributed by atoms with Crippen LogP contribution in [0.5, 0.6) is 5.75 Å². The summed E-state index contributed by atoms with van der Waals surface area (Å²) >= 11 is 0. The molecule has 3 rings (SSSR count). The maximum atomic E-state index is 12.8. The van der Waals surface area contributed by atoms with Crippen molar-refractivity contribution in [2.75, 3.05) is 0 Å². The van der Waals surface area contributed by atoms with Crippen LogP contribution in [0.15, 0.2) is 36.1 Å². The molecule has 0 amide bonds. The molecule has 2 N–H and O–H groups in total. The van der Waals surface area contributed by atoms with Crippen molar-refractivity contribution in [2.24, 2.45) is 5.92 Å². The number of ketones is 1. The van der Waals surface area contributed by atoms with Crippen molar-refractivity contribution in [3.05, 3.63) is 47.2 Å². The van der Waals surface area contributed by atoms with Crippen LogP contribution in [0.25, 0.3) is 5.57 Å². The molecule has 1 aromatic rings. The SMILES string of the molecule is CC(C)=CCc1cc(C2=COC3CC(O)CCC3C2=O)ccc1O. The molecular formula is C20H24O4. The molecule has 1 fully saturated rings. The Balaban J connectivity index is 1.87. The third-order valence-electron chi connectivity index (χ3n) is 4.85. The summed E-state index contributed by atoms with van der Waals surface area (Å²) in [5, 5.41) is 19.8. The highest BCUT2D eigenvalue weighted by atomic mass is 16.5. The molecule has 0 saturated heterocycles. The zero-order chi connectivity index (χ0) is 17.3. The van der Waals surface area contributed by atoms with E-state index in [9.17, 15) is 15.0 Å². The van der Waals surface area contributed by atoms with E-state index in [0.29, 0.717) is 31.3 Å². The largest absolute Gasteiger partial charge is 0.508 e. The van der Waals surface area contributed by atoms with Gasteiger partial charge < -0.3 is 14.9 Å². The Kier molecular flexibility index (Phi) is 4.76. The smallest absolute Gasteiger partial charge is 0.173 e. The molecule has 3 unspecified atom stereocenters. The fraction of sp³-hybridized carbons (Fsp3) is 0.450. The minimum atomic E-state index is -0.377. The Morgan fingerprint density at radius 2 is 2.12 bits per heavy atom. The third-order valence-corrected chi connectivity index (χ3v) is 4.85. The van der Waals surface area contributed by atoms with Crippen molar-refractivity contribution in [3.63, 3.8) is 0 Å². The van der Waals surface area contributed by atoms with Gasteiger partial charge in [-0.25, -0.2) is 0 Å². The quantitative estimate of drug-likeness (QED) is 0.835. The van der Waals surface area contributed by atoms with Gasteiger partial charge >= 0.3 is 0 Å². The molecule has 4 nitrogen and oxygen atoms in total. The van der Waals surface area contributed by atoms with Crippen molar-refractivity contribution in [3.8, 4) is 5.75 Å². The van der Waals surface area contributed by atoms with E-state index >= 15 is 0 Å². The molecule has 2 aliphatic rings. The molecule has 4 heteroatoms. The zero-order valence-corrected chi connectivity index (χ0v) is 14.2. The summed E-state index contributed by atoms with van der Waals surface area (Å²) in [6.07, 6.45) is 5.43. The van der Waals surface area contributed by atoms with Gasteiger partial charge in [0.1, 0.15) is 11.9 Å². The molecular weight excluding hydrogens is 304 g/mol. The second-order valence-corrected chi connectivity index (χ2v) is 6.97. The van der Waals surface area contributed by atoms with Gasteiger partial charge in [0.2, 0.25) is 0 Å². The van der Waals surface area contributed by atoms with Gasteiger partial charge in [0.05, 0.1) is 23.9 Å². The second kappa shape index (κ2) is 6.81. The van der Waals surface area contributed by atoms with E-state index in [4.69, 9.17) is 4.74 Å². The third kappa shape index (κ3) is 3.39. The zero-order valence-electron chi connectivity index (χ0n) is 14.2. The number of hydrogen-bond donors (Lipinski definition) is 2. The standard InChI is InChI=1S/C20H24O4/c1-12(2)3-4-14-9-13(5-8-18(14)22)17-11-24-19-10-15(21)6-7-16(19)20(17)23/h3,5,8-9,11,15-16,19,21-22H,4,6-7,10H2,1-2H3. The molecule has 1 heterocycles. The highest BCUT2D eigenvalue weighted by Crippen LogP contribution is 2.37. The van der Waals surface area contributed by atoms with Gasteiger partial charge in [0.25, 0.3) is 0 Å². The number of ether oxygens (including phenoxy) is 1. The van der Waals surface area contributed by atoms with Crippen molar-refractivity contribution < 1.29 is 19.7 Å². The number of fused-ring (bicyclic) bond motifs is 1. The lowest BCUT2D eigenvalue weighted by atomic mass is 9.78. The van der Waals surface area contributed by atoms with Gasteiger partial charge in [-0.1, -0.05) is 17.7 Å². The summed E-state index contributed by atoms with van der Waals surface area (Å²) in [7, 11) is 0. The number of hydrogen-bond acceptors (Lipinski definition) is 4. The summed E-state index contributed by atoms with van der Waals surface area (Å²) in [4.78, 5) is 12.8. The average molecular weight is 328 g/mol. The van der Waals surface area contributed by atoms with E-state index in [1.807, 2.05) is 26.0 Å². The van der Waals surface area contributed by atoms with Crippen LogP contribution in [0.3, 0.4) is 0 Å². The molecule has 1 saturated carbocycles. The number of carbonyl (C=O) groups excluding carboxylic acids is 1. The number of rotatable bonds is 3. The van der Waals surface area contributed by atoms with Crippen molar-refractivity contribution in [1.29, 1.82) is 0 Å². The molecule has 1 aliphatic heterocycles. The number of allylic oxidation sites excluding steroid dienone is 3. The van der Waals surface area contributed by atoms with Gasteiger partial charge in [0.15, 0.2) is 5.78 Å². The lowest BCUT2D eigenvalue weighted by Gasteiger charge is -2.36. The highest BCUT2D eigenvalue weighted by molar-refractivity contribution is 6.22. The van der Waals surface area contributed by atoms with Crippen LogP contribution in [0.2, 0.25) is 0 Å². The lowest BCUT2D eigenvalue weighted by molar-refractivity contribution is -0.126. The molecule has 0 radical (unpaired) electrons. The molecule has 0 spiro atoms. The molecule has 24 heavy (non-hydrogen) atoms. The number of aliphatic hydroxyl groups excluding tert-OH is 1. The van der Waals surface area contributed by atoms with E-state index in [-0.39, 0.29) is 29.7 Å². The maximum Gasteiger partial charge on any atom is 0.173 e. The fourth-order valence-corrected chi connectivity index (χ4v) is 3.41. The molecule has 3 atom stereocenters. The number of benzene rings is 1. The van der Waals surface area contributed by atoms with Crippen LogP contribution in [0, 0.1) is 5.92 Å². The second-order valence-electron chi connectivity index (χ2n) is 6.97. The molecule has 128 valence electrons. The highest BCUT2D eigenvalue weighted by Gasteiger charge is 2.39. The average Bonchev–Trinajstić information content (AvgIpc) is 2.54. The minimum Gasteiger partial charge on any atom is -0.508 e. The molecule has 1 aromatic carbocycles. The van der Waals surface area contributed by atoms with Crippen molar-refractivity contribution in [1.82, 2.24) is 0 Å². The van der Waals surface area contributed by atoms with Crippen LogP contribution in [-0.2, 0) is 16.0 Å². The Morgan fingerprint density at radius 3 is 2.88 bits per heavy atom. The predicted molar refractivity (Wildman–Crippen MR) is 92.4 cm³/mol. The summed E-state index contributed by atoms with van der Waals surface area (Å²) in [5.41, 5.74) is 3.31. The summed E-state index contributed by atoms with van der Waals surface area (Å²) < 4.78 is 5.74. The van der Waals surface area contributed by atoms with E-state index in [1.54, 1.807) is 12.1 Å². The Labute approximate surface area is 142 Å². The molecule has 0 aromatic heterocycles. The monoisotopic (exact) mass is 328 g/mol. The van der Waals surface area contributed by atoms with Crippen LogP contribution >= 0.6 is 0 Å². The summed E-state index contributed by atoms with van der Waals surface area (Å²) in [5.74, 6) is 0.139. The van der Waals surface area contributed by atoms with Crippen LogP contribution in [0.4, 0.5) is 0 Å². The minimum absolute atomic E-state index is 0.0806. The summed E-state index contributed by atoms with van der Waals surface area (Å²) in [6.45, 7) is 4.03. The number of carbonyl (C=O) groups is 1. The van der Waals surface area contributed by atoms with Gasteiger partial charge in [-0.05, 0) is 56.4 Å². The van der Waals surface area contributed by atoms with Crippen LogP contribution in [0.1, 0.15) is 44.2 Å². The van der Waals surface area contributed by atoms with Crippen LogP contribution in [-0.4, -0.2) is 28.2 Å². The van der Waals surface area contributed by atoms with Gasteiger partial charge in [-0.15, -0.1) is 0 Å². The molecule has 1 aliphatic carbocycles. The number of phenolic OH excluding ortho intramolecular Hbond substituents is 1. The maximum absolute atomic E-state index is 12.8. The predicted octanol–water partition coefficient (Wildman–Crippen LogP) is 3.37. The number of aromatic hydroxyl groups is 1. The van der Waals surface area contributed by atoms with Crippen LogP contribution < -0.4 is 0 Å². The first kappa shape index (κ1) is 16.8. The van der Waals surface area contributed by atoms with Gasteiger partial charge in [0, 0.05) is 6.42 Å². The number of Topliss-reactive ketones (excluding diaryl/α,β-unsaturated/α-hetero) is 1. The lowest BCUT2D eigenvalue weighted by Crippen LogP contribution is -2.40. The van der Waals surface area contributed by atoms with E-state index in [0.717, 1.165) is 11.1 Å². The van der Waals surface area contributed by atoms with Crippen molar-refractivity contribution in [2.45, 2.75) is 51.7 Å². The first-order valence-electron chi connectivity index (χ1n) is 8.49. The summed E-state index contributed by atoms with van der Waals surface area (Å²) in [6, 6.07) is 5.25. The Bertz CT molecular complexity index is 698. The molecule has 0 bridgehead atoms. The Morgan fingerprint density at radius 1 is 1.33 bits per heavy atom. The Hall–Kier alpha value is -2.07. The fourth-order valence-electron chi connectivity index (χ4n) is 3.41. The van der Waals surface area contributed by atoms with Crippen molar-refractivity contribution >= 4 is 11.4 Å². The first-order valence-corrected chi connectivity index (χ1v) is 8.49. The van der Waals surface area contributed by atoms with E-state index in [2.05, 4.69) is 0 Å². The van der Waals surface area contributed by atoms with E-state index < -0.39 is 0 Å².